The summed E-state index contributed by atoms with van der Waals surface area (Å²) < 4.78 is 6.05. The average molecular weight is 326 g/mol. The molecule has 1 aliphatic carbocycles. The van der Waals surface area contributed by atoms with E-state index in [0.29, 0.717) is 17.8 Å². The maximum atomic E-state index is 12.3. The maximum Gasteiger partial charge on any atom is 0.306 e. The van der Waals surface area contributed by atoms with E-state index < -0.39 is 11.6 Å². The van der Waals surface area contributed by atoms with Crippen LogP contribution in [0.2, 0.25) is 0 Å². The lowest BCUT2D eigenvalue weighted by molar-refractivity contribution is -0.175. The van der Waals surface area contributed by atoms with Crippen LogP contribution in [0.25, 0.3) is 0 Å². The van der Waals surface area contributed by atoms with Gasteiger partial charge in [0.25, 0.3) is 0 Å². The highest BCUT2D eigenvalue weighted by molar-refractivity contribution is 5.76. The molecule has 0 saturated heterocycles. The second-order valence-corrected chi connectivity index (χ2v) is 7.96. The van der Waals surface area contributed by atoms with E-state index in [0.717, 1.165) is 25.7 Å². The molecule has 1 aliphatic rings. The lowest BCUT2D eigenvalue weighted by Gasteiger charge is -2.44. The van der Waals surface area contributed by atoms with Crippen LogP contribution < -0.4 is 0 Å². The van der Waals surface area contributed by atoms with E-state index in [4.69, 9.17) is 9.84 Å². The van der Waals surface area contributed by atoms with E-state index in [2.05, 4.69) is 27.7 Å². The first-order valence-corrected chi connectivity index (χ1v) is 9.19. The molecule has 1 fully saturated rings. The predicted molar refractivity (Wildman–Crippen MR) is 91.2 cm³/mol. The number of carbonyl (C=O) groups excluding carboxylic acids is 1. The Morgan fingerprint density at radius 1 is 1.00 bits per heavy atom. The van der Waals surface area contributed by atoms with Gasteiger partial charge in [-0.05, 0) is 43.4 Å². The molecule has 0 aromatic rings. The molecular weight excluding hydrogens is 292 g/mol. The minimum Gasteiger partial charge on any atom is -0.481 e. The Hall–Kier alpha value is -1.06. The van der Waals surface area contributed by atoms with Crippen LogP contribution in [-0.4, -0.2) is 22.6 Å². The number of hydrogen-bond acceptors (Lipinski definition) is 3. The topological polar surface area (TPSA) is 63.6 Å². The van der Waals surface area contributed by atoms with Crippen LogP contribution in [0.4, 0.5) is 0 Å². The van der Waals surface area contributed by atoms with Crippen molar-refractivity contribution in [1.29, 1.82) is 0 Å². The minimum absolute atomic E-state index is 0.0278. The number of ether oxygens (including phenoxy) is 1. The summed E-state index contributed by atoms with van der Waals surface area (Å²) in [5.41, 5.74) is -0.418. The van der Waals surface area contributed by atoms with Gasteiger partial charge in [-0.3, -0.25) is 9.59 Å². The number of carbonyl (C=O) groups is 2. The van der Waals surface area contributed by atoms with E-state index in [-0.39, 0.29) is 18.8 Å². The summed E-state index contributed by atoms with van der Waals surface area (Å²) >= 11 is 0. The molecule has 0 unspecified atom stereocenters. The standard InChI is InChI=1S/C19H34O4/c1-14(2)12-19(13-15(3)4,16-8-6-5-7-9-16)23-18(22)11-10-17(20)21/h14-16H,5-13H2,1-4H3,(H,20,21). The molecule has 0 aliphatic heterocycles. The lowest BCUT2D eigenvalue weighted by Crippen LogP contribution is -2.46. The van der Waals surface area contributed by atoms with Crippen LogP contribution in [-0.2, 0) is 14.3 Å². The summed E-state index contributed by atoms with van der Waals surface area (Å²) in [6, 6.07) is 0. The molecule has 0 spiro atoms. The van der Waals surface area contributed by atoms with Gasteiger partial charge in [-0.15, -0.1) is 0 Å². The van der Waals surface area contributed by atoms with Crippen molar-refractivity contribution >= 4 is 11.9 Å². The Balaban J connectivity index is 2.94. The highest BCUT2D eigenvalue weighted by Gasteiger charge is 2.43. The first-order valence-electron chi connectivity index (χ1n) is 9.19. The summed E-state index contributed by atoms with van der Waals surface area (Å²) in [4.78, 5) is 23.0. The molecule has 0 aromatic heterocycles. The number of aliphatic carboxylic acids is 1. The van der Waals surface area contributed by atoms with Gasteiger partial charge in [-0.25, -0.2) is 0 Å². The molecule has 1 rings (SSSR count). The molecule has 4 nitrogen and oxygen atoms in total. The SMILES string of the molecule is CC(C)CC(CC(C)C)(OC(=O)CCC(=O)O)C1CCCCC1. The van der Waals surface area contributed by atoms with E-state index in [1.54, 1.807) is 0 Å². The number of esters is 1. The first kappa shape index (κ1) is 20.0. The van der Waals surface area contributed by atoms with Crippen molar-refractivity contribution in [3.63, 3.8) is 0 Å². The number of hydrogen-bond donors (Lipinski definition) is 1. The molecule has 1 N–H and O–H groups in total. The van der Waals surface area contributed by atoms with Crippen LogP contribution >= 0.6 is 0 Å². The van der Waals surface area contributed by atoms with Gasteiger partial charge >= 0.3 is 11.9 Å². The van der Waals surface area contributed by atoms with Gasteiger partial charge in [0.1, 0.15) is 5.60 Å². The first-order chi connectivity index (χ1) is 10.7. The second-order valence-electron chi connectivity index (χ2n) is 7.96. The fourth-order valence-electron chi connectivity index (χ4n) is 4.08. The van der Waals surface area contributed by atoms with E-state index >= 15 is 0 Å². The third kappa shape index (κ3) is 6.92. The van der Waals surface area contributed by atoms with Gasteiger partial charge in [-0.1, -0.05) is 47.0 Å². The van der Waals surface area contributed by atoms with E-state index in [9.17, 15) is 9.59 Å². The summed E-state index contributed by atoms with van der Waals surface area (Å²) in [6.45, 7) is 8.68. The van der Waals surface area contributed by atoms with Crippen molar-refractivity contribution in [3.05, 3.63) is 0 Å². The Labute approximate surface area is 141 Å². The maximum absolute atomic E-state index is 12.3. The van der Waals surface area contributed by atoms with Gasteiger partial charge < -0.3 is 9.84 Å². The zero-order valence-electron chi connectivity index (χ0n) is 15.3. The summed E-state index contributed by atoms with van der Waals surface area (Å²) in [5.74, 6) is 0.0120. The molecule has 0 heterocycles. The molecule has 0 bridgehead atoms. The largest absolute Gasteiger partial charge is 0.481 e. The average Bonchev–Trinajstić information content (AvgIpc) is 2.44. The van der Waals surface area contributed by atoms with Crippen molar-refractivity contribution in [2.45, 2.75) is 91.1 Å². The summed E-state index contributed by atoms with van der Waals surface area (Å²) in [5, 5.41) is 8.79. The van der Waals surface area contributed by atoms with Crippen molar-refractivity contribution in [2.75, 3.05) is 0 Å². The Bertz CT molecular complexity index is 371. The number of carboxylic acids is 1. The predicted octanol–water partition coefficient (Wildman–Crippen LogP) is 4.81. The summed E-state index contributed by atoms with van der Waals surface area (Å²) in [7, 11) is 0. The van der Waals surface area contributed by atoms with E-state index in [1.807, 2.05) is 0 Å². The van der Waals surface area contributed by atoms with Gasteiger partial charge in [0.2, 0.25) is 0 Å². The van der Waals surface area contributed by atoms with Gasteiger partial charge in [0.15, 0.2) is 0 Å². The van der Waals surface area contributed by atoms with Gasteiger partial charge in [0, 0.05) is 0 Å². The monoisotopic (exact) mass is 326 g/mol. The van der Waals surface area contributed by atoms with Crippen molar-refractivity contribution in [2.24, 2.45) is 17.8 Å². The normalized spacial score (nSPS) is 16.8. The van der Waals surface area contributed by atoms with Crippen molar-refractivity contribution < 1.29 is 19.4 Å². The Kier molecular flexibility index (Phi) is 8.07. The zero-order chi connectivity index (χ0) is 17.5. The molecular formula is C19H34O4. The molecule has 0 atom stereocenters. The molecule has 0 amide bonds. The highest BCUT2D eigenvalue weighted by atomic mass is 16.6. The van der Waals surface area contributed by atoms with Gasteiger partial charge in [0.05, 0.1) is 12.8 Å². The van der Waals surface area contributed by atoms with Crippen LogP contribution in [0.15, 0.2) is 0 Å². The molecule has 1 saturated carbocycles. The minimum atomic E-state index is -0.946. The fourth-order valence-corrected chi connectivity index (χ4v) is 4.08. The number of carboxylic acid groups (broad SMARTS) is 1. The third-order valence-electron chi connectivity index (χ3n) is 4.72. The van der Waals surface area contributed by atoms with Crippen molar-refractivity contribution in [1.82, 2.24) is 0 Å². The van der Waals surface area contributed by atoms with Gasteiger partial charge in [-0.2, -0.15) is 0 Å². The Morgan fingerprint density at radius 3 is 1.96 bits per heavy atom. The Morgan fingerprint density at radius 2 is 1.52 bits per heavy atom. The highest BCUT2D eigenvalue weighted by Crippen LogP contribution is 2.43. The van der Waals surface area contributed by atoms with E-state index in [1.165, 1.54) is 19.3 Å². The van der Waals surface area contributed by atoms with Crippen LogP contribution in [0.1, 0.15) is 85.5 Å². The zero-order valence-corrected chi connectivity index (χ0v) is 15.3. The second kappa shape index (κ2) is 9.29. The van der Waals surface area contributed by atoms with Crippen LogP contribution in [0.5, 0.6) is 0 Å². The van der Waals surface area contributed by atoms with Crippen LogP contribution in [0.3, 0.4) is 0 Å². The lowest BCUT2D eigenvalue weighted by atomic mass is 9.69. The fraction of sp³-hybridized carbons (Fsp3) is 0.895. The molecule has 0 radical (unpaired) electrons. The number of rotatable bonds is 9. The molecule has 134 valence electrons. The smallest absolute Gasteiger partial charge is 0.306 e. The summed E-state index contributed by atoms with van der Waals surface area (Å²) in [6.07, 6.45) is 7.47. The quantitative estimate of drug-likeness (QED) is 0.618. The third-order valence-corrected chi connectivity index (χ3v) is 4.72. The van der Waals surface area contributed by atoms with Crippen LogP contribution in [0, 0.1) is 17.8 Å². The molecule has 4 heteroatoms. The van der Waals surface area contributed by atoms with Crippen molar-refractivity contribution in [3.8, 4) is 0 Å². The molecule has 23 heavy (non-hydrogen) atoms. The molecule has 0 aromatic carbocycles.